The number of aryl methyl sites for hydroxylation is 2. The highest BCUT2D eigenvalue weighted by Gasteiger charge is 2.21. The Balaban J connectivity index is 2.66. The van der Waals surface area contributed by atoms with E-state index in [1.807, 2.05) is 27.7 Å². The van der Waals surface area contributed by atoms with Gasteiger partial charge in [-0.2, -0.15) is 0 Å². The Morgan fingerprint density at radius 3 is 2.50 bits per heavy atom. The van der Waals surface area contributed by atoms with E-state index < -0.39 is 12.0 Å². The standard InChI is InChI=1S/C11H18N2O3/c1-6(2)10(11(14)15)12-5-9-7(3)13-16-8(9)4/h6,10,12H,5H2,1-4H3,(H,14,15). The molecule has 16 heavy (non-hydrogen) atoms. The van der Waals surface area contributed by atoms with E-state index >= 15 is 0 Å². The third-order valence-electron chi connectivity index (χ3n) is 2.61. The summed E-state index contributed by atoms with van der Waals surface area (Å²) in [5.74, 6) is -0.0578. The van der Waals surface area contributed by atoms with Crippen LogP contribution in [0.15, 0.2) is 4.52 Å². The number of nitrogens with one attached hydrogen (secondary N) is 1. The largest absolute Gasteiger partial charge is 0.480 e. The van der Waals surface area contributed by atoms with Gasteiger partial charge in [-0.05, 0) is 19.8 Å². The van der Waals surface area contributed by atoms with E-state index in [-0.39, 0.29) is 5.92 Å². The lowest BCUT2D eigenvalue weighted by molar-refractivity contribution is -0.140. The summed E-state index contributed by atoms with van der Waals surface area (Å²) in [6, 6.07) is -0.548. The van der Waals surface area contributed by atoms with Gasteiger partial charge < -0.3 is 9.63 Å². The molecule has 1 heterocycles. The molecule has 0 amide bonds. The lowest BCUT2D eigenvalue weighted by Gasteiger charge is -2.17. The number of nitrogens with zero attached hydrogens (tertiary/aromatic N) is 1. The van der Waals surface area contributed by atoms with E-state index in [1.165, 1.54) is 0 Å². The maximum absolute atomic E-state index is 11.0. The van der Waals surface area contributed by atoms with Crippen LogP contribution in [0.1, 0.15) is 30.9 Å². The molecule has 0 aromatic carbocycles. The minimum atomic E-state index is -0.832. The summed E-state index contributed by atoms with van der Waals surface area (Å²) in [6.07, 6.45) is 0. The number of hydrogen-bond acceptors (Lipinski definition) is 4. The van der Waals surface area contributed by atoms with Crippen molar-refractivity contribution in [1.29, 1.82) is 0 Å². The molecule has 0 fully saturated rings. The monoisotopic (exact) mass is 226 g/mol. The molecule has 0 spiro atoms. The highest BCUT2D eigenvalue weighted by atomic mass is 16.5. The summed E-state index contributed by atoms with van der Waals surface area (Å²) in [5.41, 5.74) is 1.74. The van der Waals surface area contributed by atoms with Gasteiger partial charge in [0, 0.05) is 12.1 Å². The van der Waals surface area contributed by atoms with Gasteiger partial charge in [0.15, 0.2) is 0 Å². The highest BCUT2D eigenvalue weighted by Crippen LogP contribution is 2.12. The SMILES string of the molecule is Cc1noc(C)c1CNC(C(=O)O)C(C)C. The second kappa shape index (κ2) is 5.12. The van der Waals surface area contributed by atoms with Gasteiger partial charge in [0.25, 0.3) is 0 Å². The topological polar surface area (TPSA) is 75.4 Å². The zero-order valence-corrected chi connectivity index (χ0v) is 10.1. The first-order chi connectivity index (χ1) is 7.43. The molecular formula is C11H18N2O3. The van der Waals surface area contributed by atoms with Crippen LogP contribution >= 0.6 is 0 Å². The van der Waals surface area contributed by atoms with Gasteiger partial charge in [0.2, 0.25) is 0 Å². The maximum atomic E-state index is 11.0. The third kappa shape index (κ3) is 2.82. The van der Waals surface area contributed by atoms with E-state index in [4.69, 9.17) is 9.63 Å². The van der Waals surface area contributed by atoms with Gasteiger partial charge in [-0.25, -0.2) is 0 Å². The Kier molecular flexibility index (Phi) is 4.06. The molecule has 0 saturated carbocycles. The average Bonchev–Trinajstić information content (AvgIpc) is 2.47. The molecule has 1 aromatic rings. The Labute approximate surface area is 94.8 Å². The number of carboxylic acid groups (broad SMARTS) is 1. The molecule has 5 nitrogen and oxygen atoms in total. The lowest BCUT2D eigenvalue weighted by Crippen LogP contribution is -2.40. The van der Waals surface area contributed by atoms with Gasteiger partial charge in [-0.1, -0.05) is 19.0 Å². The summed E-state index contributed by atoms with van der Waals surface area (Å²) in [4.78, 5) is 11.0. The first-order valence-corrected chi connectivity index (χ1v) is 5.31. The van der Waals surface area contributed by atoms with Crippen molar-refractivity contribution in [2.75, 3.05) is 0 Å². The molecule has 0 aliphatic rings. The molecule has 1 aromatic heterocycles. The maximum Gasteiger partial charge on any atom is 0.320 e. The molecule has 0 bridgehead atoms. The van der Waals surface area contributed by atoms with Crippen molar-refractivity contribution in [1.82, 2.24) is 10.5 Å². The zero-order chi connectivity index (χ0) is 12.3. The minimum absolute atomic E-state index is 0.0398. The molecule has 0 aliphatic heterocycles. The van der Waals surface area contributed by atoms with E-state index in [0.29, 0.717) is 6.54 Å². The Hall–Kier alpha value is -1.36. The predicted octanol–water partition coefficient (Wildman–Crippen LogP) is 1.49. The Morgan fingerprint density at radius 1 is 1.50 bits per heavy atom. The molecular weight excluding hydrogens is 208 g/mol. The fourth-order valence-corrected chi connectivity index (χ4v) is 1.57. The summed E-state index contributed by atoms with van der Waals surface area (Å²) < 4.78 is 5.01. The molecule has 1 atom stereocenters. The first kappa shape index (κ1) is 12.7. The highest BCUT2D eigenvalue weighted by molar-refractivity contribution is 5.73. The molecule has 1 rings (SSSR count). The van der Waals surface area contributed by atoms with Crippen LogP contribution < -0.4 is 5.32 Å². The second-order valence-electron chi connectivity index (χ2n) is 4.24. The lowest BCUT2D eigenvalue weighted by atomic mass is 10.0. The van der Waals surface area contributed by atoms with Crippen molar-refractivity contribution >= 4 is 5.97 Å². The van der Waals surface area contributed by atoms with Crippen molar-refractivity contribution in [3.05, 3.63) is 17.0 Å². The van der Waals surface area contributed by atoms with Gasteiger partial charge in [-0.3, -0.25) is 10.1 Å². The summed E-state index contributed by atoms with van der Waals surface area (Å²) in [7, 11) is 0. The van der Waals surface area contributed by atoms with E-state index in [2.05, 4.69) is 10.5 Å². The number of rotatable bonds is 5. The summed E-state index contributed by atoms with van der Waals surface area (Å²) >= 11 is 0. The smallest absolute Gasteiger partial charge is 0.320 e. The van der Waals surface area contributed by atoms with Crippen LogP contribution in [0, 0.1) is 19.8 Å². The second-order valence-corrected chi connectivity index (χ2v) is 4.24. The molecule has 2 N–H and O–H groups in total. The van der Waals surface area contributed by atoms with Crippen molar-refractivity contribution < 1.29 is 14.4 Å². The van der Waals surface area contributed by atoms with Crippen LogP contribution in [0.4, 0.5) is 0 Å². The van der Waals surface area contributed by atoms with E-state index in [1.54, 1.807) is 0 Å². The molecule has 0 radical (unpaired) electrons. The predicted molar refractivity (Wildman–Crippen MR) is 59.1 cm³/mol. The van der Waals surface area contributed by atoms with Gasteiger partial charge >= 0.3 is 5.97 Å². The average molecular weight is 226 g/mol. The number of aromatic nitrogens is 1. The van der Waals surface area contributed by atoms with Crippen LogP contribution in [0.25, 0.3) is 0 Å². The number of hydrogen-bond donors (Lipinski definition) is 2. The van der Waals surface area contributed by atoms with Crippen molar-refractivity contribution in [3.63, 3.8) is 0 Å². The van der Waals surface area contributed by atoms with Gasteiger partial charge in [0.1, 0.15) is 11.8 Å². The normalized spacial score (nSPS) is 13.1. The van der Waals surface area contributed by atoms with Crippen LogP contribution in [0.5, 0.6) is 0 Å². The molecule has 5 heteroatoms. The fourth-order valence-electron chi connectivity index (χ4n) is 1.57. The summed E-state index contributed by atoms with van der Waals surface area (Å²) in [6.45, 7) is 7.88. The molecule has 90 valence electrons. The number of aliphatic carboxylic acids is 1. The van der Waals surface area contributed by atoms with Crippen LogP contribution in [0.3, 0.4) is 0 Å². The van der Waals surface area contributed by atoms with Crippen LogP contribution in [-0.2, 0) is 11.3 Å². The number of carboxylic acids is 1. The zero-order valence-electron chi connectivity index (χ0n) is 10.1. The van der Waals surface area contributed by atoms with Gasteiger partial charge in [0.05, 0.1) is 5.69 Å². The van der Waals surface area contributed by atoms with Crippen molar-refractivity contribution in [2.45, 2.75) is 40.3 Å². The molecule has 0 saturated heterocycles. The van der Waals surface area contributed by atoms with Crippen LogP contribution in [-0.4, -0.2) is 22.3 Å². The van der Waals surface area contributed by atoms with E-state index in [0.717, 1.165) is 17.0 Å². The molecule has 1 unspecified atom stereocenters. The first-order valence-electron chi connectivity index (χ1n) is 5.31. The summed E-state index contributed by atoms with van der Waals surface area (Å²) in [5, 5.41) is 15.8. The fraction of sp³-hybridized carbons (Fsp3) is 0.636. The van der Waals surface area contributed by atoms with Gasteiger partial charge in [-0.15, -0.1) is 0 Å². The van der Waals surface area contributed by atoms with E-state index in [9.17, 15) is 4.79 Å². The third-order valence-corrected chi connectivity index (χ3v) is 2.61. The quantitative estimate of drug-likeness (QED) is 0.795. The van der Waals surface area contributed by atoms with Crippen LogP contribution in [0.2, 0.25) is 0 Å². The van der Waals surface area contributed by atoms with Crippen molar-refractivity contribution in [3.8, 4) is 0 Å². The Morgan fingerprint density at radius 2 is 2.12 bits per heavy atom. The number of carbonyl (C=O) groups is 1. The minimum Gasteiger partial charge on any atom is -0.480 e. The van der Waals surface area contributed by atoms with Crippen molar-refractivity contribution in [2.24, 2.45) is 5.92 Å². The molecule has 0 aliphatic carbocycles. The Bertz CT molecular complexity index is 352.